The first-order valence-electron chi connectivity index (χ1n) is 10.8. The molecule has 1 saturated heterocycles. The highest BCUT2D eigenvalue weighted by atomic mass is 19.4. The van der Waals surface area contributed by atoms with E-state index in [1.165, 1.54) is 17.6 Å². The number of carbonyl (C=O) groups is 7. The lowest BCUT2D eigenvalue weighted by Gasteiger charge is -2.20. The predicted octanol–water partition coefficient (Wildman–Crippen LogP) is -1.03. The van der Waals surface area contributed by atoms with E-state index in [1.54, 1.807) is 0 Å². The third-order valence-electron chi connectivity index (χ3n) is 4.71. The molecule has 0 radical (unpaired) electrons. The second-order valence-corrected chi connectivity index (χ2v) is 7.87. The number of halogens is 6. The van der Waals surface area contributed by atoms with Crippen LogP contribution in [0.2, 0.25) is 0 Å². The Morgan fingerprint density at radius 1 is 0.895 bits per heavy atom. The lowest BCUT2D eigenvalue weighted by molar-refractivity contribution is -0.199. The van der Waals surface area contributed by atoms with Crippen molar-refractivity contribution in [3.8, 4) is 0 Å². The fourth-order valence-corrected chi connectivity index (χ4v) is 2.78. The van der Waals surface area contributed by atoms with Crippen molar-refractivity contribution in [1.82, 2.24) is 26.3 Å². The summed E-state index contributed by atoms with van der Waals surface area (Å²) in [4.78, 5) is 86.0. The van der Waals surface area contributed by atoms with E-state index in [0.717, 1.165) is 0 Å². The Labute approximate surface area is 209 Å². The lowest BCUT2D eigenvalue weighted by atomic mass is 10.1. The Balaban J connectivity index is 2.64. The van der Waals surface area contributed by atoms with Crippen molar-refractivity contribution in [3.63, 3.8) is 0 Å². The van der Waals surface area contributed by atoms with Gasteiger partial charge >= 0.3 is 30.1 Å². The molecular weight excluding hydrogens is 540 g/mol. The molecule has 38 heavy (non-hydrogen) atoms. The van der Waals surface area contributed by atoms with E-state index in [-0.39, 0.29) is 37.3 Å². The Morgan fingerprint density at radius 2 is 1.42 bits per heavy atom. The molecule has 214 valence electrons. The minimum atomic E-state index is -5.27. The lowest BCUT2D eigenvalue weighted by Crippen LogP contribution is -2.49. The number of nitrogens with zero attached hydrogens (tertiary/aromatic N) is 1. The number of unbranched alkanes of at least 4 members (excludes halogenated alkanes) is 1. The molecule has 2 atom stereocenters. The number of imide groups is 1. The number of carbonyl (C=O) groups excluding carboxylic acids is 7. The van der Waals surface area contributed by atoms with Crippen LogP contribution >= 0.6 is 0 Å². The minimum Gasteiger partial charge on any atom is -0.355 e. The molecule has 0 aromatic heterocycles. The molecule has 6 amide bonds. The van der Waals surface area contributed by atoms with Crippen molar-refractivity contribution in [2.75, 3.05) is 19.6 Å². The van der Waals surface area contributed by atoms with Crippen LogP contribution in [0.25, 0.3) is 0 Å². The van der Waals surface area contributed by atoms with Crippen LogP contribution in [0.15, 0.2) is 0 Å². The number of hydroxylamine groups is 2. The van der Waals surface area contributed by atoms with Gasteiger partial charge in [-0.05, 0) is 19.3 Å². The summed E-state index contributed by atoms with van der Waals surface area (Å²) in [7, 11) is 0. The van der Waals surface area contributed by atoms with E-state index in [9.17, 15) is 59.9 Å². The fraction of sp³-hybridized carbons (Fsp3) is 0.632. The highest BCUT2D eigenvalue weighted by molar-refractivity contribution is 6.03. The SMILES string of the molecule is CC1CC(=O)N(OC(=O)C(CCCCNC(=O)CNC(=O)C(F)(F)F)NC(=O)CNC(=O)C(F)(F)F)C1=O. The Kier molecular flexibility index (Phi) is 11.5. The maximum Gasteiger partial charge on any atom is 0.471 e. The average molecular weight is 563 g/mol. The molecule has 1 aliphatic rings. The third-order valence-corrected chi connectivity index (χ3v) is 4.71. The highest BCUT2D eigenvalue weighted by Crippen LogP contribution is 2.20. The van der Waals surface area contributed by atoms with E-state index in [4.69, 9.17) is 4.84 Å². The van der Waals surface area contributed by atoms with Gasteiger partial charge in [0.2, 0.25) is 11.8 Å². The molecule has 1 aliphatic heterocycles. The third kappa shape index (κ3) is 10.6. The van der Waals surface area contributed by atoms with Gasteiger partial charge in [-0.25, -0.2) is 4.79 Å². The van der Waals surface area contributed by atoms with Gasteiger partial charge in [0.25, 0.3) is 11.8 Å². The molecule has 13 nitrogen and oxygen atoms in total. The number of rotatable bonds is 12. The fourth-order valence-electron chi connectivity index (χ4n) is 2.78. The molecule has 0 aromatic carbocycles. The summed E-state index contributed by atoms with van der Waals surface area (Å²) in [5.41, 5.74) is 0. The second-order valence-electron chi connectivity index (χ2n) is 7.87. The quantitative estimate of drug-likeness (QED) is 0.132. The van der Waals surface area contributed by atoms with Crippen molar-refractivity contribution >= 4 is 41.4 Å². The molecular formula is C19H23F6N5O8. The number of hydrogen-bond donors (Lipinski definition) is 4. The molecule has 0 bridgehead atoms. The van der Waals surface area contributed by atoms with Crippen LogP contribution in [-0.2, 0) is 38.4 Å². The zero-order valence-corrected chi connectivity index (χ0v) is 19.6. The van der Waals surface area contributed by atoms with Crippen LogP contribution in [0.4, 0.5) is 26.3 Å². The zero-order valence-electron chi connectivity index (χ0n) is 19.6. The molecule has 0 saturated carbocycles. The number of amides is 6. The summed E-state index contributed by atoms with van der Waals surface area (Å²) in [5, 5.41) is 7.00. The van der Waals surface area contributed by atoms with Crippen LogP contribution in [-0.4, -0.2) is 84.5 Å². The van der Waals surface area contributed by atoms with Gasteiger partial charge in [-0.3, -0.25) is 28.8 Å². The summed E-state index contributed by atoms with van der Waals surface area (Å²) in [6, 6.07) is -1.61. The van der Waals surface area contributed by atoms with E-state index in [0.29, 0.717) is 0 Å². The van der Waals surface area contributed by atoms with Crippen LogP contribution < -0.4 is 21.3 Å². The van der Waals surface area contributed by atoms with Crippen LogP contribution in [0.3, 0.4) is 0 Å². The first-order chi connectivity index (χ1) is 17.4. The smallest absolute Gasteiger partial charge is 0.355 e. The van der Waals surface area contributed by atoms with Gasteiger partial charge in [-0.1, -0.05) is 6.92 Å². The first kappa shape index (κ1) is 32.1. The topological polar surface area (TPSA) is 180 Å². The molecule has 19 heteroatoms. The molecule has 1 rings (SSSR count). The van der Waals surface area contributed by atoms with E-state index in [1.807, 2.05) is 5.32 Å². The van der Waals surface area contributed by atoms with Crippen molar-refractivity contribution in [3.05, 3.63) is 0 Å². The largest absolute Gasteiger partial charge is 0.471 e. The number of hydrogen-bond acceptors (Lipinski definition) is 8. The van der Waals surface area contributed by atoms with Crippen LogP contribution in [0.1, 0.15) is 32.6 Å². The minimum absolute atomic E-state index is 0.00242. The highest BCUT2D eigenvalue weighted by Gasteiger charge is 2.41. The monoisotopic (exact) mass is 563 g/mol. The predicted molar refractivity (Wildman–Crippen MR) is 109 cm³/mol. The molecule has 1 heterocycles. The molecule has 0 aromatic rings. The van der Waals surface area contributed by atoms with E-state index in [2.05, 4.69) is 5.32 Å². The number of nitrogens with one attached hydrogen (secondary N) is 4. The first-order valence-corrected chi connectivity index (χ1v) is 10.8. The van der Waals surface area contributed by atoms with Crippen molar-refractivity contribution in [2.24, 2.45) is 5.92 Å². The van der Waals surface area contributed by atoms with Gasteiger partial charge in [0.05, 0.1) is 13.1 Å². The normalized spacial score (nSPS) is 16.5. The van der Waals surface area contributed by atoms with Crippen LogP contribution in [0.5, 0.6) is 0 Å². The summed E-state index contributed by atoms with van der Waals surface area (Å²) >= 11 is 0. The number of alkyl halides is 6. The van der Waals surface area contributed by atoms with Crippen LogP contribution in [0, 0.1) is 5.92 Å². The Hall–Kier alpha value is -3.93. The maximum absolute atomic E-state index is 12.5. The van der Waals surface area contributed by atoms with Crippen molar-refractivity contribution in [2.45, 2.75) is 51.0 Å². The molecule has 1 fully saturated rings. The van der Waals surface area contributed by atoms with Crippen molar-refractivity contribution < 1.29 is 64.7 Å². The molecule has 4 N–H and O–H groups in total. The zero-order chi connectivity index (χ0) is 29.3. The summed E-state index contributed by atoms with van der Waals surface area (Å²) in [6.45, 7) is -0.915. The summed E-state index contributed by atoms with van der Waals surface area (Å²) < 4.78 is 73.1. The molecule has 0 aliphatic carbocycles. The van der Waals surface area contributed by atoms with Gasteiger partial charge in [0.15, 0.2) is 0 Å². The Bertz CT molecular complexity index is 955. The standard InChI is InChI=1S/C19H23F6N5O8/c1-9-6-13(33)30(14(9)34)38-15(35)10(29-12(32)8-28-17(37)19(23,24)25)4-2-3-5-26-11(31)7-27-16(36)18(20,21)22/h9-10H,2-8H2,1H3,(H,26,31)(H,27,36)(H,28,37)(H,29,32). The van der Waals surface area contributed by atoms with Crippen molar-refractivity contribution in [1.29, 1.82) is 0 Å². The summed E-state index contributed by atoms with van der Waals surface area (Å²) in [6.07, 6.45) is -10.9. The Morgan fingerprint density at radius 3 is 1.89 bits per heavy atom. The molecule has 0 spiro atoms. The van der Waals surface area contributed by atoms with Gasteiger partial charge in [-0.15, -0.1) is 5.06 Å². The van der Waals surface area contributed by atoms with Gasteiger partial charge in [0.1, 0.15) is 6.04 Å². The summed E-state index contributed by atoms with van der Waals surface area (Å²) in [5.74, 6) is -10.7. The molecule has 2 unspecified atom stereocenters. The van der Waals surface area contributed by atoms with Gasteiger partial charge in [-0.2, -0.15) is 26.3 Å². The second kappa shape index (κ2) is 13.6. The average Bonchev–Trinajstić information content (AvgIpc) is 3.04. The van der Waals surface area contributed by atoms with E-state index >= 15 is 0 Å². The van der Waals surface area contributed by atoms with Gasteiger partial charge < -0.3 is 26.1 Å². The maximum atomic E-state index is 12.5. The van der Waals surface area contributed by atoms with E-state index < -0.39 is 78.8 Å². The van der Waals surface area contributed by atoms with Gasteiger partial charge in [0, 0.05) is 18.9 Å².